The van der Waals surface area contributed by atoms with Crippen molar-refractivity contribution in [1.82, 2.24) is 15.1 Å². The van der Waals surface area contributed by atoms with Crippen LogP contribution in [0.2, 0.25) is 0 Å². The molecule has 0 unspecified atom stereocenters. The van der Waals surface area contributed by atoms with Crippen LogP contribution in [0, 0.1) is 12.8 Å². The fraction of sp³-hybridized carbons (Fsp3) is 0.583. The molecule has 1 aromatic rings. The minimum absolute atomic E-state index is 0.527. The van der Waals surface area contributed by atoms with E-state index in [1.54, 1.807) is 0 Å². The van der Waals surface area contributed by atoms with Crippen LogP contribution < -0.4 is 0 Å². The zero-order chi connectivity index (χ0) is 11.0. The Bertz CT molecular complexity index is 376. The highest BCUT2D eigenvalue weighted by Gasteiger charge is 2.21. The number of nitrogens with one attached hydrogen (secondary N) is 1. The fourth-order valence-electron chi connectivity index (χ4n) is 2.04. The van der Waals surface area contributed by atoms with Gasteiger partial charge in [0.05, 0.1) is 5.69 Å². The SMILES string of the molecule is C=C(C(C)C)N1CCc2n[nH]c(C)c2C1. The average molecular weight is 205 g/mol. The summed E-state index contributed by atoms with van der Waals surface area (Å²) in [5, 5.41) is 7.38. The number of aromatic amines is 1. The molecule has 82 valence electrons. The first-order valence-corrected chi connectivity index (χ1v) is 5.56. The number of fused-ring (bicyclic) bond motifs is 1. The van der Waals surface area contributed by atoms with E-state index in [4.69, 9.17) is 0 Å². The molecule has 1 aliphatic heterocycles. The van der Waals surface area contributed by atoms with Crippen LogP contribution in [0.4, 0.5) is 0 Å². The van der Waals surface area contributed by atoms with Gasteiger partial charge in [-0.1, -0.05) is 20.4 Å². The van der Waals surface area contributed by atoms with Gasteiger partial charge in [-0.3, -0.25) is 5.10 Å². The highest BCUT2D eigenvalue weighted by atomic mass is 15.2. The van der Waals surface area contributed by atoms with E-state index >= 15 is 0 Å². The van der Waals surface area contributed by atoms with E-state index in [0.717, 1.165) is 19.5 Å². The largest absolute Gasteiger partial charge is 0.370 e. The zero-order valence-corrected chi connectivity index (χ0v) is 9.80. The van der Waals surface area contributed by atoms with Gasteiger partial charge < -0.3 is 4.90 Å². The molecule has 2 rings (SSSR count). The van der Waals surface area contributed by atoms with E-state index in [0.29, 0.717) is 5.92 Å². The number of aryl methyl sites for hydroxylation is 1. The van der Waals surface area contributed by atoms with Crippen molar-refractivity contribution < 1.29 is 0 Å². The van der Waals surface area contributed by atoms with Crippen LogP contribution in [-0.2, 0) is 13.0 Å². The molecule has 0 amide bonds. The van der Waals surface area contributed by atoms with Gasteiger partial charge in [0.15, 0.2) is 0 Å². The first-order chi connectivity index (χ1) is 7.09. The van der Waals surface area contributed by atoms with Gasteiger partial charge in [-0.05, 0) is 12.8 Å². The van der Waals surface area contributed by atoms with E-state index in [9.17, 15) is 0 Å². The van der Waals surface area contributed by atoms with Crippen molar-refractivity contribution in [3.05, 3.63) is 29.2 Å². The first-order valence-electron chi connectivity index (χ1n) is 5.56. The van der Waals surface area contributed by atoms with Crippen LogP contribution >= 0.6 is 0 Å². The van der Waals surface area contributed by atoms with Gasteiger partial charge in [-0.25, -0.2) is 0 Å². The Morgan fingerprint density at radius 3 is 2.93 bits per heavy atom. The zero-order valence-electron chi connectivity index (χ0n) is 9.80. The highest BCUT2D eigenvalue weighted by Crippen LogP contribution is 2.24. The maximum Gasteiger partial charge on any atom is 0.0692 e. The third-order valence-electron chi connectivity index (χ3n) is 3.20. The minimum atomic E-state index is 0.527. The molecular weight excluding hydrogens is 186 g/mol. The molecule has 3 heteroatoms. The molecule has 0 fully saturated rings. The molecule has 3 nitrogen and oxygen atoms in total. The molecule has 1 aliphatic rings. The Balaban J connectivity index is 2.18. The Morgan fingerprint density at radius 1 is 1.53 bits per heavy atom. The number of rotatable bonds is 2. The lowest BCUT2D eigenvalue weighted by molar-refractivity contribution is 0.293. The third-order valence-corrected chi connectivity index (χ3v) is 3.20. The topological polar surface area (TPSA) is 31.9 Å². The number of nitrogens with zero attached hydrogens (tertiary/aromatic N) is 2. The predicted molar refractivity (Wildman–Crippen MR) is 61.4 cm³/mol. The van der Waals surface area contributed by atoms with E-state index in [-0.39, 0.29) is 0 Å². The second kappa shape index (κ2) is 3.72. The third kappa shape index (κ3) is 1.78. The molecule has 1 aromatic heterocycles. The van der Waals surface area contributed by atoms with Crippen molar-refractivity contribution in [3.63, 3.8) is 0 Å². The molecule has 0 radical (unpaired) electrons. The summed E-state index contributed by atoms with van der Waals surface area (Å²) >= 11 is 0. The number of allylic oxidation sites excluding steroid dienone is 1. The summed E-state index contributed by atoms with van der Waals surface area (Å²) in [5.74, 6) is 0.527. The fourth-order valence-corrected chi connectivity index (χ4v) is 2.04. The molecule has 0 atom stereocenters. The molecule has 0 spiro atoms. The highest BCUT2D eigenvalue weighted by molar-refractivity contribution is 5.27. The van der Waals surface area contributed by atoms with Crippen molar-refractivity contribution in [1.29, 1.82) is 0 Å². The second-order valence-electron chi connectivity index (χ2n) is 4.59. The molecule has 2 heterocycles. The van der Waals surface area contributed by atoms with E-state index in [2.05, 4.69) is 42.4 Å². The summed E-state index contributed by atoms with van der Waals surface area (Å²) in [7, 11) is 0. The monoisotopic (exact) mass is 205 g/mol. The van der Waals surface area contributed by atoms with E-state index < -0.39 is 0 Å². The normalized spacial score (nSPS) is 15.6. The lowest BCUT2D eigenvalue weighted by Gasteiger charge is -2.32. The average Bonchev–Trinajstić information content (AvgIpc) is 2.59. The van der Waals surface area contributed by atoms with Crippen molar-refractivity contribution in [2.45, 2.75) is 33.7 Å². The van der Waals surface area contributed by atoms with Crippen molar-refractivity contribution >= 4 is 0 Å². The Labute approximate surface area is 91.2 Å². The molecule has 0 aliphatic carbocycles. The summed E-state index contributed by atoms with van der Waals surface area (Å²) in [6, 6.07) is 0. The Morgan fingerprint density at radius 2 is 2.27 bits per heavy atom. The van der Waals surface area contributed by atoms with Crippen molar-refractivity contribution in [3.8, 4) is 0 Å². The number of aromatic nitrogens is 2. The van der Waals surface area contributed by atoms with Gasteiger partial charge in [0.1, 0.15) is 0 Å². The van der Waals surface area contributed by atoms with Gasteiger partial charge in [0, 0.05) is 36.5 Å². The Hall–Kier alpha value is -1.25. The van der Waals surface area contributed by atoms with Gasteiger partial charge in [-0.15, -0.1) is 0 Å². The predicted octanol–water partition coefficient (Wildman–Crippen LogP) is 2.25. The lowest BCUT2D eigenvalue weighted by atomic mass is 10.0. The number of hydrogen-bond acceptors (Lipinski definition) is 2. The summed E-state index contributed by atoms with van der Waals surface area (Å²) in [4.78, 5) is 2.37. The second-order valence-corrected chi connectivity index (χ2v) is 4.59. The molecule has 0 aromatic carbocycles. The molecule has 0 saturated heterocycles. The molecule has 1 N–H and O–H groups in total. The standard InChI is InChI=1S/C12H19N3/c1-8(2)10(4)15-6-5-12-11(7-15)9(3)13-14-12/h8H,4-7H2,1-3H3,(H,13,14). The molecule has 0 bridgehead atoms. The van der Waals surface area contributed by atoms with Gasteiger partial charge >= 0.3 is 0 Å². The van der Waals surface area contributed by atoms with Crippen LogP contribution in [0.15, 0.2) is 12.3 Å². The summed E-state index contributed by atoms with van der Waals surface area (Å²) in [6.45, 7) is 12.7. The summed E-state index contributed by atoms with van der Waals surface area (Å²) in [5.41, 5.74) is 5.04. The van der Waals surface area contributed by atoms with E-state index in [1.165, 1.54) is 22.6 Å². The lowest BCUT2D eigenvalue weighted by Crippen LogP contribution is -2.31. The smallest absolute Gasteiger partial charge is 0.0692 e. The van der Waals surface area contributed by atoms with Crippen LogP contribution in [0.25, 0.3) is 0 Å². The van der Waals surface area contributed by atoms with Gasteiger partial charge in [0.25, 0.3) is 0 Å². The number of H-pyrrole nitrogens is 1. The molecule has 15 heavy (non-hydrogen) atoms. The van der Waals surface area contributed by atoms with Crippen molar-refractivity contribution in [2.24, 2.45) is 5.92 Å². The maximum absolute atomic E-state index is 4.31. The number of hydrogen-bond donors (Lipinski definition) is 1. The summed E-state index contributed by atoms with van der Waals surface area (Å²) < 4.78 is 0. The summed E-state index contributed by atoms with van der Waals surface area (Å²) in [6.07, 6.45) is 1.03. The van der Waals surface area contributed by atoms with Gasteiger partial charge in [0.2, 0.25) is 0 Å². The minimum Gasteiger partial charge on any atom is -0.370 e. The van der Waals surface area contributed by atoms with E-state index in [1.807, 2.05) is 0 Å². The van der Waals surface area contributed by atoms with Crippen LogP contribution in [0.3, 0.4) is 0 Å². The Kier molecular flexibility index (Phi) is 2.55. The maximum atomic E-state index is 4.31. The van der Waals surface area contributed by atoms with Gasteiger partial charge in [-0.2, -0.15) is 5.10 Å². The van der Waals surface area contributed by atoms with Crippen molar-refractivity contribution in [2.75, 3.05) is 6.54 Å². The van der Waals surface area contributed by atoms with Crippen LogP contribution in [0.5, 0.6) is 0 Å². The molecule has 0 saturated carbocycles. The molecular formula is C12H19N3. The quantitative estimate of drug-likeness (QED) is 0.803. The first kappa shape index (κ1) is 10.3. The van der Waals surface area contributed by atoms with Crippen LogP contribution in [-0.4, -0.2) is 21.6 Å². The van der Waals surface area contributed by atoms with Crippen LogP contribution in [0.1, 0.15) is 30.8 Å².